The lowest BCUT2D eigenvalue weighted by Gasteiger charge is -2.18. The van der Waals surface area contributed by atoms with Crippen molar-refractivity contribution in [3.63, 3.8) is 0 Å². The van der Waals surface area contributed by atoms with Gasteiger partial charge in [0.2, 0.25) is 0 Å². The molecule has 84 valence electrons. The van der Waals surface area contributed by atoms with E-state index in [-0.39, 0.29) is 0 Å². The van der Waals surface area contributed by atoms with Gasteiger partial charge in [-0.3, -0.25) is 0 Å². The molecular weight excluding hydrogens is 184 g/mol. The standard InChI is InChI=1S/C13H22N2/c1-11(2)10-15(3)8-7-12-5-4-6-13(14)9-12/h4-6,9,11H,7-8,10,14H2,1-3H3. The maximum absolute atomic E-state index is 5.73. The van der Waals surface area contributed by atoms with Crippen LogP contribution >= 0.6 is 0 Å². The van der Waals surface area contributed by atoms with Crippen molar-refractivity contribution in [3.05, 3.63) is 29.8 Å². The summed E-state index contributed by atoms with van der Waals surface area (Å²) < 4.78 is 0. The molecular formula is C13H22N2. The smallest absolute Gasteiger partial charge is 0.0316 e. The van der Waals surface area contributed by atoms with Crippen molar-refractivity contribution in [2.24, 2.45) is 5.92 Å². The summed E-state index contributed by atoms with van der Waals surface area (Å²) in [6.07, 6.45) is 1.08. The van der Waals surface area contributed by atoms with E-state index in [0.29, 0.717) is 0 Å². The van der Waals surface area contributed by atoms with Crippen LogP contribution in [0.2, 0.25) is 0 Å². The molecule has 1 aromatic carbocycles. The van der Waals surface area contributed by atoms with E-state index in [4.69, 9.17) is 5.73 Å². The average Bonchev–Trinajstić information content (AvgIpc) is 2.14. The van der Waals surface area contributed by atoms with Gasteiger partial charge in [0.1, 0.15) is 0 Å². The van der Waals surface area contributed by atoms with Gasteiger partial charge in [-0.1, -0.05) is 26.0 Å². The highest BCUT2D eigenvalue weighted by Gasteiger charge is 2.02. The van der Waals surface area contributed by atoms with Crippen LogP contribution in [0.5, 0.6) is 0 Å². The van der Waals surface area contributed by atoms with Gasteiger partial charge >= 0.3 is 0 Å². The molecule has 0 aliphatic heterocycles. The lowest BCUT2D eigenvalue weighted by molar-refractivity contribution is 0.299. The van der Waals surface area contributed by atoms with Crippen molar-refractivity contribution in [3.8, 4) is 0 Å². The third kappa shape index (κ3) is 4.84. The number of rotatable bonds is 5. The van der Waals surface area contributed by atoms with Gasteiger partial charge in [0.25, 0.3) is 0 Å². The molecule has 0 saturated heterocycles. The predicted molar refractivity (Wildman–Crippen MR) is 66.9 cm³/mol. The Morgan fingerprint density at radius 2 is 2.07 bits per heavy atom. The summed E-state index contributed by atoms with van der Waals surface area (Å²) in [4.78, 5) is 2.37. The zero-order valence-electron chi connectivity index (χ0n) is 10.0. The molecule has 2 N–H and O–H groups in total. The monoisotopic (exact) mass is 206 g/mol. The number of hydrogen-bond donors (Lipinski definition) is 1. The minimum atomic E-state index is 0.732. The first-order valence-corrected chi connectivity index (χ1v) is 5.61. The molecule has 2 nitrogen and oxygen atoms in total. The average molecular weight is 206 g/mol. The predicted octanol–water partition coefficient (Wildman–Crippen LogP) is 2.40. The van der Waals surface area contributed by atoms with Gasteiger partial charge in [-0.15, -0.1) is 0 Å². The molecule has 0 aliphatic carbocycles. The Labute approximate surface area is 93.1 Å². The van der Waals surface area contributed by atoms with Crippen molar-refractivity contribution < 1.29 is 0 Å². The molecule has 0 radical (unpaired) electrons. The second-order valence-electron chi connectivity index (χ2n) is 4.65. The molecule has 0 bridgehead atoms. The summed E-state index contributed by atoms with van der Waals surface area (Å²) in [5, 5.41) is 0. The second-order valence-corrected chi connectivity index (χ2v) is 4.65. The minimum Gasteiger partial charge on any atom is -0.399 e. The molecule has 15 heavy (non-hydrogen) atoms. The number of nitrogens with two attached hydrogens (primary N) is 1. The van der Waals surface area contributed by atoms with Crippen molar-refractivity contribution in [1.29, 1.82) is 0 Å². The summed E-state index contributed by atoms with van der Waals surface area (Å²) >= 11 is 0. The molecule has 0 fully saturated rings. The fraction of sp³-hybridized carbons (Fsp3) is 0.538. The molecule has 0 unspecified atom stereocenters. The summed E-state index contributed by atoms with van der Waals surface area (Å²) in [6, 6.07) is 8.15. The van der Waals surface area contributed by atoms with Gasteiger partial charge < -0.3 is 10.6 Å². The van der Waals surface area contributed by atoms with Crippen LogP contribution in [0.4, 0.5) is 5.69 Å². The van der Waals surface area contributed by atoms with E-state index >= 15 is 0 Å². The van der Waals surface area contributed by atoms with Crippen LogP contribution < -0.4 is 5.73 Å². The van der Waals surface area contributed by atoms with Crippen LogP contribution in [0.25, 0.3) is 0 Å². The molecule has 0 spiro atoms. The molecule has 0 saturated carbocycles. The van der Waals surface area contributed by atoms with Crippen LogP contribution in [0.1, 0.15) is 19.4 Å². The van der Waals surface area contributed by atoms with Crippen LogP contribution in [0.3, 0.4) is 0 Å². The van der Waals surface area contributed by atoms with E-state index in [0.717, 1.165) is 31.1 Å². The van der Waals surface area contributed by atoms with Gasteiger partial charge in [-0.05, 0) is 37.1 Å². The van der Waals surface area contributed by atoms with Gasteiger partial charge in [0.15, 0.2) is 0 Å². The van der Waals surface area contributed by atoms with Crippen LogP contribution in [0, 0.1) is 5.92 Å². The van der Waals surface area contributed by atoms with E-state index in [1.54, 1.807) is 0 Å². The lowest BCUT2D eigenvalue weighted by Crippen LogP contribution is -2.25. The van der Waals surface area contributed by atoms with Crippen molar-refractivity contribution >= 4 is 5.69 Å². The maximum Gasteiger partial charge on any atom is 0.0316 e. The highest BCUT2D eigenvalue weighted by atomic mass is 15.1. The summed E-state index contributed by atoms with van der Waals surface area (Å²) in [7, 11) is 2.17. The van der Waals surface area contributed by atoms with E-state index in [1.165, 1.54) is 5.56 Å². The zero-order chi connectivity index (χ0) is 11.3. The van der Waals surface area contributed by atoms with Gasteiger partial charge in [-0.25, -0.2) is 0 Å². The first-order chi connectivity index (χ1) is 7.08. The normalized spacial score (nSPS) is 11.3. The zero-order valence-corrected chi connectivity index (χ0v) is 10.0. The Kier molecular flexibility index (Phi) is 4.63. The molecule has 0 atom stereocenters. The number of likely N-dealkylation sites (N-methyl/N-ethyl adjacent to an activating group) is 1. The number of anilines is 1. The SMILES string of the molecule is CC(C)CN(C)CCc1cccc(N)c1. The lowest BCUT2D eigenvalue weighted by atomic mass is 10.1. The Hall–Kier alpha value is -1.02. The molecule has 0 heterocycles. The number of nitrogens with zero attached hydrogens (tertiary/aromatic N) is 1. The highest BCUT2D eigenvalue weighted by Crippen LogP contribution is 2.07. The topological polar surface area (TPSA) is 29.3 Å². The molecule has 0 aromatic heterocycles. The Morgan fingerprint density at radius 1 is 1.33 bits per heavy atom. The van der Waals surface area contributed by atoms with E-state index in [9.17, 15) is 0 Å². The van der Waals surface area contributed by atoms with Crippen molar-refractivity contribution in [1.82, 2.24) is 4.90 Å². The van der Waals surface area contributed by atoms with Gasteiger partial charge in [0, 0.05) is 18.8 Å². The van der Waals surface area contributed by atoms with Gasteiger partial charge in [-0.2, -0.15) is 0 Å². The molecule has 2 heteroatoms. The molecule has 1 rings (SSSR count). The Balaban J connectivity index is 2.36. The maximum atomic E-state index is 5.73. The molecule has 1 aromatic rings. The van der Waals surface area contributed by atoms with E-state index in [1.807, 2.05) is 12.1 Å². The third-order valence-electron chi connectivity index (χ3n) is 2.41. The molecule has 0 amide bonds. The van der Waals surface area contributed by atoms with E-state index < -0.39 is 0 Å². The summed E-state index contributed by atoms with van der Waals surface area (Å²) in [5.41, 5.74) is 7.92. The van der Waals surface area contributed by atoms with Crippen molar-refractivity contribution in [2.75, 3.05) is 25.9 Å². The largest absolute Gasteiger partial charge is 0.399 e. The number of nitrogen functional groups attached to an aromatic ring is 1. The third-order valence-corrected chi connectivity index (χ3v) is 2.41. The summed E-state index contributed by atoms with van der Waals surface area (Å²) in [5.74, 6) is 0.732. The first-order valence-electron chi connectivity index (χ1n) is 5.61. The number of benzene rings is 1. The van der Waals surface area contributed by atoms with Crippen LogP contribution in [0.15, 0.2) is 24.3 Å². The number of hydrogen-bond acceptors (Lipinski definition) is 2. The van der Waals surface area contributed by atoms with Crippen LogP contribution in [-0.2, 0) is 6.42 Å². The summed E-state index contributed by atoms with van der Waals surface area (Å²) in [6.45, 7) is 6.75. The highest BCUT2D eigenvalue weighted by molar-refractivity contribution is 5.40. The first kappa shape index (κ1) is 12.1. The van der Waals surface area contributed by atoms with Crippen molar-refractivity contribution in [2.45, 2.75) is 20.3 Å². The molecule has 0 aliphatic rings. The fourth-order valence-corrected chi connectivity index (χ4v) is 1.78. The Morgan fingerprint density at radius 3 is 2.67 bits per heavy atom. The second kappa shape index (κ2) is 5.76. The van der Waals surface area contributed by atoms with Crippen LogP contribution in [-0.4, -0.2) is 25.0 Å². The quantitative estimate of drug-likeness (QED) is 0.750. The van der Waals surface area contributed by atoms with Gasteiger partial charge in [0.05, 0.1) is 0 Å². The fourth-order valence-electron chi connectivity index (χ4n) is 1.78. The van der Waals surface area contributed by atoms with E-state index in [2.05, 4.69) is 37.9 Å². The Bertz CT molecular complexity index is 294. The minimum absolute atomic E-state index is 0.732.